The standard InChI is InChI=1S/C13H19BrFN3/c1-3-9-8-18(5-4-17(9)2)13-7-11(15)10(14)6-12(13)16/h6-7,9H,3-5,8,16H2,1-2H3. The van der Waals surface area contributed by atoms with E-state index < -0.39 is 0 Å². The van der Waals surface area contributed by atoms with Crippen LogP contribution < -0.4 is 10.6 Å². The lowest BCUT2D eigenvalue weighted by molar-refractivity contribution is 0.213. The Labute approximate surface area is 116 Å². The molecule has 2 rings (SSSR count). The molecule has 0 amide bonds. The Kier molecular flexibility index (Phi) is 4.12. The highest BCUT2D eigenvalue weighted by Gasteiger charge is 2.24. The Morgan fingerprint density at radius 2 is 2.17 bits per heavy atom. The molecule has 0 saturated carbocycles. The van der Waals surface area contributed by atoms with Crippen molar-refractivity contribution in [3.63, 3.8) is 0 Å². The lowest BCUT2D eigenvalue weighted by atomic mass is 10.1. The molecule has 0 bridgehead atoms. The minimum Gasteiger partial charge on any atom is -0.397 e. The first-order valence-electron chi connectivity index (χ1n) is 6.22. The SMILES string of the molecule is CCC1CN(c2cc(F)c(Br)cc2N)CCN1C. The van der Waals surface area contributed by atoms with Crippen molar-refractivity contribution in [1.82, 2.24) is 4.90 Å². The monoisotopic (exact) mass is 315 g/mol. The molecule has 1 aliphatic rings. The van der Waals surface area contributed by atoms with Gasteiger partial charge in [0.1, 0.15) is 5.82 Å². The highest BCUT2D eigenvalue weighted by molar-refractivity contribution is 9.10. The van der Waals surface area contributed by atoms with Gasteiger partial charge in [-0.15, -0.1) is 0 Å². The lowest BCUT2D eigenvalue weighted by Crippen LogP contribution is -2.51. The molecule has 1 unspecified atom stereocenters. The molecule has 0 radical (unpaired) electrons. The van der Waals surface area contributed by atoms with Crippen LogP contribution in [0.3, 0.4) is 0 Å². The predicted molar refractivity (Wildman–Crippen MR) is 77.4 cm³/mol. The van der Waals surface area contributed by atoms with E-state index in [2.05, 4.69) is 39.7 Å². The summed E-state index contributed by atoms with van der Waals surface area (Å²) in [5.74, 6) is -0.258. The fourth-order valence-electron chi connectivity index (χ4n) is 2.43. The molecule has 0 spiro atoms. The van der Waals surface area contributed by atoms with Gasteiger partial charge in [0, 0.05) is 31.7 Å². The van der Waals surface area contributed by atoms with Crippen LogP contribution in [0.4, 0.5) is 15.8 Å². The van der Waals surface area contributed by atoms with Crippen LogP contribution in [-0.2, 0) is 0 Å². The zero-order valence-electron chi connectivity index (χ0n) is 10.8. The summed E-state index contributed by atoms with van der Waals surface area (Å²) in [7, 11) is 2.14. The predicted octanol–water partition coefficient (Wildman–Crippen LogP) is 2.70. The average molecular weight is 316 g/mol. The molecule has 0 aliphatic carbocycles. The van der Waals surface area contributed by atoms with Crippen molar-refractivity contribution in [1.29, 1.82) is 0 Å². The molecule has 1 aromatic rings. The first kappa shape index (κ1) is 13.6. The van der Waals surface area contributed by atoms with Gasteiger partial charge in [0.05, 0.1) is 15.8 Å². The average Bonchev–Trinajstić information content (AvgIpc) is 2.35. The highest BCUT2D eigenvalue weighted by Crippen LogP contribution is 2.31. The number of rotatable bonds is 2. The van der Waals surface area contributed by atoms with Gasteiger partial charge >= 0.3 is 0 Å². The van der Waals surface area contributed by atoms with Crippen LogP contribution >= 0.6 is 15.9 Å². The summed E-state index contributed by atoms with van der Waals surface area (Å²) in [5, 5.41) is 0. The van der Waals surface area contributed by atoms with Crippen molar-refractivity contribution in [3.05, 3.63) is 22.4 Å². The van der Waals surface area contributed by atoms with Crippen LogP contribution in [-0.4, -0.2) is 37.6 Å². The van der Waals surface area contributed by atoms with Crippen molar-refractivity contribution in [2.24, 2.45) is 0 Å². The van der Waals surface area contributed by atoms with Crippen molar-refractivity contribution >= 4 is 27.3 Å². The smallest absolute Gasteiger partial charge is 0.139 e. The quantitative estimate of drug-likeness (QED) is 0.852. The summed E-state index contributed by atoms with van der Waals surface area (Å²) in [5.41, 5.74) is 7.43. The minimum atomic E-state index is -0.258. The van der Waals surface area contributed by atoms with Crippen LogP contribution in [0.15, 0.2) is 16.6 Å². The summed E-state index contributed by atoms with van der Waals surface area (Å²) in [6, 6.07) is 3.67. The number of hydrogen-bond acceptors (Lipinski definition) is 3. The zero-order valence-corrected chi connectivity index (χ0v) is 12.4. The first-order valence-corrected chi connectivity index (χ1v) is 7.02. The number of likely N-dealkylation sites (N-methyl/N-ethyl adjacent to an activating group) is 1. The summed E-state index contributed by atoms with van der Waals surface area (Å²) >= 11 is 3.16. The Balaban J connectivity index is 2.24. The normalized spacial score (nSPS) is 21.3. The Bertz CT molecular complexity index is 438. The molecule has 1 saturated heterocycles. The number of hydrogen-bond donors (Lipinski definition) is 1. The van der Waals surface area contributed by atoms with Gasteiger partial charge in [-0.3, -0.25) is 4.90 Å². The van der Waals surface area contributed by atoms with Crippen molar-refractivity contribution in [2.45, 2.75) is 19.4 Å². The summed E-state index contributed by atoms with van der Waals surface area (Å²) in [6.45, 7) is 4.95. The molecule has 3 nitrogen and oxygen atoms in total. The minimum absolute atomic E-state index is 0.258. The molecular formula is C13H19BrFN3. The lowest BCUT2D eigenvalue weighted by Gasteiger charge is -2.40. The molecule has 5 heteroatoms. The van der Waals surface area contributed by atoms with E-state index >= 15 is 0 Å². The molecule has 1 atom stereocenters. The Morgan fingerprint density at radius 1 is 1.44 bits per heavy atom. The Morgan fingerprint density at radius 3 is 2.83 bits per heavy atom. The fraction of sp³-hybridized carbons (Fsp3) is 0.538. The van der Waals surface area contributed by atoms with Crippen LogP contribution in [0, 0.1) is 5.82 Å². The molecule has 1 aromatic carbocycles. The van der Waals surface area contributed by atoms with E-state index in [4.69, 9.17) is 5.73 Å². The zero-order chi connectivity index (χ0) is 13.3. The maximum atomic E-state index is 13.6. The van der Waals surface area contributed by atoms with E-state index in [1.165, 1.54) is 6.07 Å². The molecule has 2 N–H and O–H groups in total. The molecular weight excluding hydrogens is 297 g/mol. The number of halogens is 2. The second kappa shape index (κ2) is 5.45. The third-order valence-electron chi connectivity index (χ3n) is 3.66. The number of anilines is 2. The Hall–Kier alpha value is -0.810. The molecule has 0 aromatic heterocycles. The largest absolute Gasteiger partial charge is 0.397 e. The second-order valence-electron chi connectivity index (χ2n) is 4.81. The van der Waals surface area contributed by atoms with E-state index in [-0.39, 0.29) is 5.82 Å². The van der Waals surface area contributed by atoms with Crippen LogP contribution in [0.25, 0.3) is 0 Å². The van der Waals surface area contributed by atoms with Gasteiger partial charge in [0.15, 0.2) is 0 Å². The van der Waals surface area contributed by atoms with E-state index in [0.29, 0.717) is 16.2 Å². The maximum Gasteiger partial charge on any atom is 0.139 e. The van der Waals surface area contributed by atoms with Gasteiger partial charge in [0.2, 0.25) is 0 Å². The van der Waals surface area contributed by atoms with Crippen molar-refractivity contribution in [2.75, 3.05) is 37.3 Å². The second-order valence-corrected chi connectivity index (χ2v) is 5.67. The van der Waals surface area contributed by atoms with E-state index in [1.54, 1.807) is 6.07 Å². The number of nitrogen functional groups attached to an aromatic ring is 1. The van der Waals surface area contributed by atoms with E-state index in [0.717, 1.165) is 31.7 Å². The third kappa shape index (κ3) is 2.62. The van der Waals surface area contributed by atoms with Crippen molar-refractivity contribution < 1.29 is 4.39 Å². The summed E-state index contributed by atoms with van der Waals surface area (Å²) in [4.78, 5) is 4.53. The van der Waals surface area contributed by atoms with Gasteiger partial charge in [-0.05, 0) is 35.5 Å². The topological polar surface area (TPSA) is 32.5 Å². The van der Waals surface area contributed by atoms with Gasteiger partial charge in [0.25, 0.3) is 0 Å². The van der Waals surface area contributed by atoms with Crippen LogP contribution in [0.5, 0.6) is 0 Å². The molecule has 100 valence electrons. The van der Waals surface area contributed by atoms with Crippen LogP contribution in [0.2, 0.25) is 0 Å². The highest BCUT2D eigenvalue weighted by atomic mass is 79.9. The van der Waals surface area contributed by atoms with Gasteiger partial charge in [-0.1, -0.05) is 6.92 Å². The third-order valence-corrected chi connectivity index (χ3v) is 4.27. The van der Waals surface area contributed by atoms with Gasteiger partial charge in [-0.2, -0.15) is 0 Å². The van der Waals surface area contributed by atoms with Gasteiger partial charge in [-0.25, -0.2) is 4.39 Å². The number of piperazine rings is 1. The molecule has 1 aliphatic heterocycles. The first-order chi connectivity index (χ1) is 8.52. The van der Waals surface area contributed by atoms with Crippen LogP contribution in [0.1, 0.15) is 13.3 Å². The number of nitrogens with zero attached hydrogens (tertiary/aromatic N) is 2. The van der Waals surface area contributed by atoms with Gasteiger partial charge < -0.3 is 10.6 Å². The summed E-state index contributed by atoms with van der Waals surface area (Å²) in [6.07, 6.45) is 1.09. The maximum absolute atomic E-state index is 13.6. The number of benzene rings is 1. The molecule has 1 fully saturated rings. The van der Waals surface area contributed by atoms with E-state index in [1.807, 2.05) is 0 Å². The number of nitrogens with two attached hydrogens (primary N) is 1. The molecule has 18 heavy (non-hydrogen) atoms. The van der Waals surface area contributed by atoms with E-state index in [9.17, 15) is 4.39 Å². The van der Waals surface area contributed by atoms with Crippen molar-refractivity contribution in [3.8, 4) is 0 Å². The summed E-state index contributed by atoms with van der Waals surface area (Å²) < 4.78 is 14.1. The molecule has 1 heterocycles. The fourth-order valence-corrected chi connectivity index (χ4v) is 2.79.